The predicted octanol–water partition coefficient (Wildman–Crippen LogP) is 5.57. The maximum atomic E-state index is 4.83. The lowest BCUT2D eigenvalue weighted by atomic mass is 9.87. The monoisotopic (exact) mass is 366 g/mol. The summed E-state index contributed by atoms with van der Waals surface area (Å²) in [7, 11) is 0. The molecule has 0 fully saturated rings. The van der Waals surface area contributed by atoms with E-state index in [9.17, 15) is 0 Å². The van der Waals surface area contributed by atoms with Crippen LogP contribution in [0.25, 0.3) is 34.2 Å². The first-order chi connectivity index (χ1) is 13.5. The van der Waals surface area contributed by atoms with Gasteiger partial charge in [0.2, 0.25) is 0 Å². The van der Waals surface area contributed by atoms with Crippen LogP contribution in [0.1, 0.15) is 26.3 Å². The molecule has 4 heterocycles. The van der Waals surface area contributed by atoms with E-state index >= 15 is 0 Å². The normalized spacial score (nSPS) is 11.4. The highest BCUT2D eigenvalue weighted by molar-refractivity contribution is 5.65. The molecule has 0 atom stereocenters. The molecule has 4 aromatic heterocycles. The summed E-state index contributed by atoms with van der Waals surface area (Å²) >= 11 is 0. The highest BCUT2D eigenvalue weighted by Gasteiger charge is 2.15. The van der Waals surface area contributed by atoms with Crippen LogP contribution in [-0.4, -0.2) is 19.9 Å². The summed E-state index contributed by atoms with van der Waals surface area (Å²) in [6.45, 7) is 6.59. The summed E-state index contributed by atoms with van der Waals surface area (Å²) in [5.74, 6) is 0. The molecule has 0 bridgehead atoms. The van der Waals surface area contributed by atoms with Crippen molar-refractivity contribution in [2.75, 3.05) is 0 Å². The molecule has 4 rings (SSSR count). The third-order valence-corrected chi connectivity index (χ3v) is 4.58. The van der Waals surface area contributed by atoms with Gasteiger partial charge >= 0.3 is 0 Å². The quantitative estimate of drug-likeness (QED) is 0.476. The van der Waals surface area contributed by atoms with Crippen LogP contribution in [-0.2, 0) is 5.41 Å². The van der Waals surface area contributed by atoms with Gasteiger partial charge in [0.1, 0.15) is 0 Å². The Morgan fingerprint density at radius 2 is 1.07 bits per heavy atom. The van der Waals surface area contributed by atoms with E-state index in [-0.39, 0.29) is 5.41 Å². The SMILES string of the molecule is CC(C)(C)c1ccnc(-c2cccc(-c3cccc(-c4ccccn4)n3)n2)c1. The molecule has 0 saturated carbocycles. The van der Waals surface area contributed by atoms with Gasteiger partial charge < -0.3 is 0 Å². The standard InChI is InChI=1S/C24H22N4/c1-24(2,3)17-13-15-26-23(16-17)22-12-7-11-21(28-22)20-10-6-9-19(27-20)18-8-4-5-14-25-18/h4-16H,1-3H3. The number of rotatable bonds is 3. The van der Waals surface area contributed by atoms with Gasteiger partial charge in [-0.3, -0.25) is 9.97 Å². The molecule has 0 aliphatic carbocycles. The van der Waals surface area contributed by atoms with E-state index in [0.29, 0.717) is 0 Å². The van der Waals surface area contributed by atoms with E-state index in [1.54, 1.807) is 6.20 Å². The van der Waals surface area contributed by atoms with Gasteiger partial charge in [-0.2, -0.15) is 0 Å². The summed E-state index contributed by atoms with van der Waals surface area (Å²) < 4.78 is 0. The summed E-state index contributed by atoms with van der Waals surface area (Å²) in [5.41, 5.74) is 6.32. The number of pyridine rings is 4. The molecule has 28 heavy (non-hydrogen) atoms. The van der Waals surface area contributed by atoms with E-state index < -0.39 is 0 Å². The number of hydrogen-bond acceptors (Lipinski definition) is 4. The molecular weight excluding hydrogens is 344 g/mol. The molecule has 0 aliphatic heterocycles. The van der Waals surface area contributed by atoms with Crippen LogP contribution < -0.4 is 0 Å². The van der Waals surface area contributed by atoms with Crippen molar-refractivity contribution in [3.63, 3.8) is 0 Å². The minimum Gasteiger partial charge on any atom is -0.255 e. The topological polar surface area (TPSA) is 51.6 Å². The second-order valence-corrected chi connectivity index (χ2v) is 7.71. The fourth-order valence-electron chi connectivity index (χ4n) is 2.99. The summed E-state index contributed by atoms with van der Waals surface area (Å²) in [5, 5.41) is 0. The average Bonchev–Trinajstić information content (AvgIpc) is 2.74. The molecule has 0 amide bonds. The first-order valence-corrected chi connectivity index (χ1v) is 9.33. The fourth-order valence-corrected chi connectivity index (χ4v) is 2.99. The molecule has 0 N–H and O–H groups in total. The number of nitrogens with zero attached hydrogens (tertiary/aromatic N) is 4. The molecule has 0 aromatic carbocycles. The van der Waals surface area contributed by atoms with Crippen LogP contribution in [0.5, 0.6) is 0 Å². The molecule has 138 valence electrons. The summed E-state index contributed by atoms with van der Waals surface area (Å²) in [4.78, 5) is 18.5. The second-order valence-electron chi connectivity index (χ2n) is 7.71. The van der Waals surface area contributed by atoms with Crippen LogP contribution in [0.2, 0.25) is 0 Å². The summed E-state index contributed by atoms with van der Waals surface area (Å²) in [6, 6.07) is 21.9. The van der Waals surface area contributed by atoms with Crippen molar-refractivity contribution in [1.82, 2.24) is 19.9 Å². The van der Waals surface area contributed by atoms with Crippen LogP contribution in [0.3, 0.4) is 0 Å². The van der Waals surface area contributed by atoms with Gasteiger partial charge in [-0.05, 0) is 59.5 Å². The van der Waals surface area contributed by atoms with Crippen molar-refractivity contribution in [3.8, 4) is 34.2 Å². The molecule has 0 radical (unpaired) electrons. The minimum absolute atomic E-state index is 0.0634. The minimum atomic E-state index is 0.0634. The van der Waals surface area contributed by atoms with Crippen molar-refractivity contribution in [2.24, 2.45) is 0 Å². The maximum absolute atomic E-state index is 4.83. The Labute approximate surface area is 165 Å². The van der Waals surface area contributed by atoms with E-state index in [0.717, 1.165) is 34.2 Å². The zero-order chi connectivity index (χ0) is 19.6. The Morgan fingerprint density at radius 3 is 1.64 bits per heavy atom. The molecule has 4 nitrogen and oxygen atoms in total. The van der Waals surface area contributed by atoms with Gasteiger partial charge in [0, 0.05) is 12.4 Å². The van der Waals surface area contributed by atoms with Crippen LogP contribution in [0.15, 0.2) is 79.1 Å². The second kappa shape index (κ2) is 7.31. The Balaban J connectivity index is 1.73. The fraction of sp³-hybridized carbons (Fsp3) is 0.167. The van der Waals surface area contributed by atoms with Crippen molar-refractivity contribution in [3.05, 3.63) is 84.7 Å². The van der Waals surface area contributed by atoms with Gasteiger partial charge in [-0.25, -0.2) is 9.97 Å². The molecule has 0 spiro atoms. The Morgan fingerprint density at radius 1 is 0.536 bits per heavy atom. The highest BCUT2D eigenvalue weighted by Crippen LogP contribution is 2.27. The van der Waals surface area contributed by atoms with E-state index in [1.807, 2.05) is 60.8 Å². The first kappa shape index (κ1) is 18.0. The van der Waals surface area contributed by atoms with Gasteiger partial charge in [0.15, 0.2) is 0 Å². The third kappa shape index (κ3) is 3.81. The van der Waals surface area contributed by atoms with Crippen molar-refractivity contribution in [2.45, 2.75) is 26.2 Å². The first-order valence-electron chi connectivity index (χ1n) is 9.33. The van der Waals surface area contributed by atoms with E-state index in [2.05, 4.69) is 42.9 Å². The van der Waals surface area contributed by atoms with E-state index in [1.165, 1.54) is 5.56 Å². The van der Waals surface area contributed by atoms with Crippen molar-refractivity contribution in [1.29, 1.82) is 0 Å². The molecule has 0 saturated heterocycles. The zero-order valence-corrected chi connectivity index (χ0v) is 16.3. The maximum Gasteiger partial charge on any atom is 0.0894 e. The van der Waals surface area contributed by atoms with Crippen LogP contribution in [0, 0.1) is 0 Å². The molecule has 4 aromatic rings. The van der Waals surface area contributed by atoms with Gasteiger partial charge in [-0.1, -0.05) is 39.0 Å². The van der Waals surface area contributed by atoms with Gasteiger partial charge in [-0.15, -0.1) is 0 Å². The van der Waals surface area contributed by atoms with Crippen molar-refractivity contribution < 1.29 is 0 Å². The largest absolute Gasteiger partial charge is 0.255 e. The Bertz CT molecular complexity index is 1100. The molecular formula is C24H22N4. The third-order valence-electron chi connectivity index (χ3n) is 4.58. The van der Waals surface area contributed by atoms with Gasteiger partial charge in [0.05, 0.1) is 34.2 Å². The number of aromatic nitrogens is 4. The number of hydrogen-bond donors (Lipinski definition) is 0. The Kier molecular flexibility index (Phi) is 4.70. The Hall–Kier alpha value is -3.40. The molecule has 0 aliphatic rings. The van der Waals surface area contributed by atoms with Gasteiger partial charge in [0.25, 0.3) is 0 Å². The molecule has 4 heteroatoms. The lowest BCUT2D eigenvalue weighted by Crippen LogP contribution is -2.11. The lowest BCUT2D eigenvalue weighted by molar-refractivity contribution is 0.589. The smallest absolute Gasteiger partial charge is 0.0894 e. The van der Waals surface area contributed by atoms with Crippen LogP contribution >= 0.6 is 0 Å². The van der Waals surface area contributed by atoms with E-state index in [4.69, 9.17) is 9.97 Å². The molecule has 0 unspecified atom stereocenters. The highest BCUT2D eigenvalue weighted by atomic mass is 14.8. The predicted molar refractivity (Wildman–Crippen MR) is 113 cm³/mol. The van der Waals surface area contributed by atoms with Crippen molar-refractivity contribution >= 4 is 0 Å². The lowest BCUT2D eigenvalue weighted by Gasteiger charge is -2.19. The average molecular weight is 366 g/mol. The van der Waals surface area contributed by atoms with Crippen LogP contribution in [0.4, 0.5) is 0 Å². The summed E-state index contributed by atoms with van der Waals surface area (Å²) in [6.07, 6.45) is 3.63. The zero-order valence-electron chi connectivity index (χ0n) is 16.3.